The molecule has 0 spiro atoms. The summed E-state index contributed by atoms with van der Waals surface area (Å²) in [6.07, 6.45) is 6.74. The molecule has 0 amide bonds. The Hall–Kier alpha value is -5.41. The Kier molecular flexibility index (Phi) is 19.6. The van der Waals surface area contributed by atoms with Crippen LogP contribution in [0.2, 0.25) is 0 Å². The van der Waals surface area contributed by atoms with Crippen LogP contribution in [0.1, 0.15) is 117 Å². The number of hydrogen-bond donors (Lipinski definition) is 0. The van der Waals surface area contributed by atoms with E-state index in [0.717, 1.165) is 88.5 Å². The van der Waals surface area contributed by atoms with E-state index in [2.05, 4.69) is 18.6 Å². The highest BCUT2D eigenvalue weighted by molar-refractivity contribution is 6.17. The number of unbranched alkanes of at least 4 members (excludes halogenated alkanes) is 10. The summed E-state index contributed by atoms with van der Waals surface area (Å²) >= 11 is 0. The Balaban J connectivity index is 1.57. The van der Waals surface area contributed by atoms with Crippen molar-refractivity contribution in [3.05, 3.63) is 95.1 Å². The Bertz CT molecular complexity index is 1810. The predicted octanol–water partition coefficient (Wildman–Crippen LogP) is 11.5. The van der Waals surface area contributed by atoms with Gasteiger partial charge in [0.1, 0.15) is 22.8 Å². The number of alkyl halides is 7. The zero-order valence-corrected chi connectivity index (χ0v) is 33.4. The number of halogens is 7. The molecule has 0 unspecified atom stereocenters. The molecule has 0 saturated heterocycles. The van der Waals surface area contributed by atoms with Crippen LogP contribution in [0.5, 0.6) is 17.2 Å². The lowest BCUT2D eigenvalue weighted by atomic mass is 10.1. The number of esters is 4. The van der Waals surface area contributed by atoms with E-state index in [1.807, 2.05) is 0 Å². The number of benzene rings is 3. The molecule has 3 aromatic rings. The minimum Gasteiger partial charge on any atom is -0.487 e. The largest absolute Gasteiger partial charge is 0.487 e. The molecule has 0 fully saturated rings. The number of rotatable bonds is 25. The lowest BCUT2D eigenvalue weighted by Gasteiger charge is -2.27. The number of carbonyl (C=O) groups is 4. The molecule has 0 aromatic heterocycles. The van der Waals surface area contributed by atoms with E-state index >= 15 is 0 Å². The quantitative estimate of drug-likeness (QED) is 0.0156. The van der Waals surface area contributed by atoms with Crippen LogP contribution in [0.4, 0.5) is 30.7 Å². The smallest absolute Gasteiger partial charge is 0.460 e. The molecule has 3 aromatic carbocycles. The van der Waals surface area contributed by atoms with Gasteiger partial charge in [-0.05, 0) is 85.1 Å². The maximum absolute atomic E-state index is 13.5. The minimum absolute atomic E-state index is 0.00732. The lowest BCUT2D eigenvalue weighted by molar-refractivity contribution is -0.358. The van der Waals surface area contributed by atoms with E-state index in [1.54, 1.807) is 0 Å². The Labute approximate surface area is 344 Å². The Morgan fingerprint density at radius 3 is 1.33 bits per heavy atom. The molecule has 0 bridgehead atoms. The molecule has 9 nitrogen and oxygen atoms in total. The van der Waals surface area contributed by atoms with Crippen molar-refractivity contribution in [3.63, 3.8) is 0 Å². The minimum atomic E-state index is -6.49. The van der Waals surface area contributed by atoms with Crippen LogP contribution in [0.15, 0.2) is 78.4 Å². The Morgan fingerprint density at radius 1 is 0.517 bits per heavy atom. The number of hydrogen-bond acceptors (Lipinski definition) is 9. The molecule has 328 valence electrons. The lowest BCUT2D eigenvalue weighted by Crippen LogP contribution is -2.54. The van der Waals surface area contributed by atoms with E-state index in [9.17, 15) is 49.9 Å². The molecule has 0 aliphatic heterocycles. The fourth-order valence-electron chi connectivity index (χ4n) is 5.40. The van der Waals surface area contributed by atoms with Crippen molar-refractivity contribution in [1.29, 1.82) is 0 Å². The van der Waals surface area contributed by atoms with Crippen LogP contribution >= 0.6 is 0 Å². The first-order chi connectivity index (χ1) is 28.5. The van der Waals surface area contributed by atoms with E-state index in [0.29, 0.717) is 18.4 Å². The van der Waals surface area contributed by atoms with Crippen LogP contribution in [-0.2, 0) is 19.1 Å². The van der Waals surface area contributed by atoms with Gasteiger partial charge in [-0.15, -0.1) is 0 Å². The van der Waals surface area contributed by atoms with Crippen molar-refractivity contribution in [2.75, 3.05) is 19.8 Å². The average Bonchev–Trinajstić information content (AvgIpc) is 3.21. The van der Waals surface area contributed by atoms with Crippen LogP contribution in [0, 0.1) is 0 Å². The summed E-state index contributed by atoms with van der Waals surface area (Å²) < 4.78 is 116. The second-order valence-corrected chi connectivity index (χ2v) is 13.8. The van der Waals surface area contributed by atoms with E-state index in [1.165, 1.54) is 54.6 Å². The van der Waals surface area contributed by atoms with Crippen molar-refractivity contribution in [2.24, 2.45) is 0 Å². The SMILES string of the molecule is CCCCCCCCOC(=O)C(=Cc1ccc(C(=O)Oc2ccc(C(=O)Oc3ccc(OCC(F)(F)C(F)(F)C(F)(F)F)cc3)cc2)cc1)C(=O)OCCCCCCCC. The first-order valence-corrected chi connectivity index (χ1v) is 19.7. The molecule has 16 heteroatoms. The van der Waals surface area contributed by atoms with Crippen molar-refractivity contribution >= 4 is 30.0 Å². The fraction of sp³-hybridized carbons (Fsp3) is 0.455. The van der Waals surface area contributed by atoms with Crippen molar-refractivity contribution in [1.82, 2.24) is 0 Å². The summed E-state index contributed by atoms with van der Waals surface area (Å²) in [5.74, 6) is -15.7. The molecular weight excluding hydrogens is 805 g/mol. The van der Waals surface area contributed by atoms with Gasteiger partial charge < -0.3 is 23.7 Å². The zero-order valence-electron chi connectivity index (χ0n) is 33.4. The molecule has 0 aliphatic carbocycles. The van der Waals surface area contributed by atoms with Gasteiger partial charge in [0.2, 0.25) is 0 Å². The zero-order chi connectivity index (χ0) is 44.2. The first kappa shape index (κ1) is 49.0. The number of ether oxygens (including phenoxy) is 5. The maximum Gasteiger partial charge on any atom is 0.460 e. The highest BCUT2D eigenvalue weighted by Gasteiger charge is 2.73. The van der Waals surface area contributed by atoms with Crippen molar-refractivity contribution in [3.8, 4) is 17.2 Å². The molecule has 0 saturated carbocycles. The third kappa shape index (κ3) is 15.6. The van der Waals surface area contributed by atoms with Crippen molar-refractivity contribution < 1.29 is 73.6 Å². The maximum atomic E-state index is 13.5. The van der Waals surface area contributed by atoms with E-state index in [4.69, 9.17) is 18.9 Å². The summed E-state index contributed by atoms with van der Waals surface area (Å²) in [7, 11) is 0. The van der Waals surface area contributed by atoms with Gasteiger partial charge in [-0.1, -0.05) is 90.2 Å². The summed E-state index contributed by atoms with van der Waals surface area (Å²) in [4.78, 5) is 51.5. The van der Waals surface area contributed by atoms with Gasteiger partial charge in [0, 0.05) is 0 Å². The third-order valence-corrected chi connectivity index (χ3v) is 8.93. The van der Waals surface area contributed by atoms with Gasteiger partial charge in [-0.2, -0.15) is 30.7 Å². The molecule has 0 radical (unpaired) electrons. The summed E-state index contributed by atoms with van der Waals surface area (Å²) in [5, 5.41) is 0. The normalized spacial score (nSPS) is 11.7. The summed E-state index contributed by atoms with van der Waals surface area (Å²) in [6, 6.07) is 15.0. The molecule has 0 heterocycles. The Morgan fingerprint density at radius 2 is 0.900 bits per heavy atom. The summed E-state index contributed by atoms with van der Waals surface area (Å²) in [5.41, 5.74) is 0.268. The predicted molar refractivity (Wildman–Crippen MR) is 207 cm³/mol. The molecule has 0 N–H and O–H groups in total. The second kappa shape index (κ2) is 24.0. The van der Waals surface area contributed by atoms with Crippen LogP contribution in [-0.4, -0.2) is 61.7 Å². The fourth-order valence-corrected chi connectivity index (χ4v) is 5.40. The van der Waals surface area contributed by atoms with Gasteiger partial charge in [0.25, 0.3) is 0 Å². The molecule has 3 rings (SSSR count). The van der Waals surface area contributed by atoms with Gasteiger partial charge in [0.15, 0.2) is 6.61 Å². The average molecular weight is 855 g/mol. The van der Waals surface area contributed by atoms with E-state index in [-0.39, 0.29) is 41.4 Å². The van der Waals surface area contributed by atoms with Crippen molar-refractivity contribution in [2.45, 2.75) is 109 Å². The number of carbonyl (C=O) groups excluding carboxylic acids is 4. The molecule has 60 heavy (non-hydrogen) atoms. The first-order valence-electron chi connectivity index (χ1n) is 19.7. The highest BCUT2D eigenvalue weighted by Crippen LogP contribution is 2.46. The summed E-state index contributed by atoms with van der Waals surface area (Å²) in [6.45, 7) is 2.30. The third-order valence-electron chi connectivity index (χ3n) is 8.93. The van der Waals surface area contributed by atoms with Gasteiger partial charge >= 0.3 is 41.9 Å². The molecule has 0 atom stereocenters. The van der Waals surface area contributed by atoms with Gasteiger partial charge in [0.05, 0.1) is 24.3 Å². The molecular formula is C44H49F7O9. The highest BCUT2D eigenvalue weighted by atomic mass is 19.4. The van der Waals surface area contributed by atoms with Crippen LogP contribution in [0.25, 0.3) is 6.08 Å². The molecule has 0 aliphatic rings. The van der Waals surface area contributed by atoms with E-state index < -0.39 is 54.3 Å². The van der Waals surface area contributed by atoms with Gasteiger partial charge in [-0.25, -0.2) is 19.2 Å². The topological polar surface area (TPSA) is 114 Å². The van der Waals surface area contributed by atoms with Gasteiger partial charge in [-0.3, -0.25) is 0 Å². The van der Waals surface area contributed by atoms with Crippen LogP contribution in [0.3, 0.4) is 0 Å². The standard InChI is InChI=1S/C44H49F7O9/c1-3-5-7-9-11-13-27-56-40(54)37(41(55)57-28-14-12-10-8-6-4-2)29-31-15-17-32(18-16-31)38(52)59-35-21-19-33(20-22-35)39(53)60-36-25-23-34(24-26-36)58-30-42(45,46)43(47,48)44(49,50)51/h15-26,29H,3-14,27-28,30H2,1-2H3. The van der Waals surface area contributed by atoms with Crippen LogP contribution < -0.4 is 14.2 Å². The second-order valence-electron chi connectivity index (χ2n) is 13.8. The monoisotopic (exact) mass is 854 g/mol.